The fraction of sp³-hybridized carbons (Fsp3) is 0.167. The zero-order valence-electron chi connectivity index (χ0n) is 16.9. The molecule has 0 nitrogen and oxygen atoms in total. The van der Waals surface area contributed by atoms with Crippen LogP contribution >= 0.6 is 0 Å². The third-order valence-electron chi connectivity index (χ3n) is 3.73. The van der Waals surface area contributed by atoms with Crippen LogP contribution in [-0.4, -0.2) is 9.52 Å². The van der Waals surface area contributed by atoms with Crippen LogP contribution in [-0.2, 0) is 25.8 Å². The molecule has 0 saturated heterocycles. The fourth-order valence-corrected chi connectivity index (χ4v) is 2.78. The van der Waals surface area contributed by atoms with Crippen LogP contribution in [0.3, 0.4) is 0 Å². The molecule has 0 fully saturated rings. The Kier molecular flexibility index (Phi) is 16.7. The summed E-state index contributed by atoms with van der Waals surface area (Å²) in [6.07, 6.45) is 0. The summed E-state index contributed by atoms with van der Waals surface area (Å²) in [5.74, 6) is 0. The molecule has 4 heteroatoms. The van der Waals surface area contributed by atoms with E-state index in [4.69, 9.17) is 0 Å². The summed E-state index contributed by atoms with van der Waals surface area (Å²) >= 11 is 0. The van der Waals surface area contributed by atoms with Crippen LogP contribution < -0.4 is 24.8 Å². The molecular weight excluding hydrogens is 566 g/mol. The fourth-order valence-electron chi connectivity index (χ4n) is 2.78. The quantitative estimate of drug-likeness (QED) is 0.226. The Labute approximate surface area is 203 Å². The first kappa shape index (κ1) is 29.3. The van der Waals surface area contributed by atoms with Crippen molar-refractivity contribution in [1.29, 1.82) is 0 Å². The van der Waals surface area contributed by atoms with Gasteiger partial charge in [-0.2, -0.15) is 18.2 Å². The number of hydrogen-bond donors (Lipinski definition) is 0. The van der Waals surface area contributed by atoms with Gasteiger partial charge in [-0.05, 0) is 13.8 Å². The third-order valence-corrected chi connectivity index (χ3v) is 3.73. The second-order valence-electron chi connectivity index (χ2n) is 6.29. The van der Waals surface area contributed by atoms with E-state index < -0.39 is 0 Å². The van der Waals surface area contributed by atoms with Crippen LogP contribution in [0, 0.1) is 13.8 Å². The predicted molar refractivity (Wildman–Crippen MR) is 115 cm³/mol. The normalized spacial score (nSPS) is 8.71. The van der Waals surface area contributed by atoms with Crippen molar-refractivity contribution >= 4 is 20.3 Å². The zero-order valence-corrected chi connectivity index (χ0v) is 23.2. The number of aryl methyl sites for hydroxylation is 2. The SMILES string of the molecule is C[SiH]C.Cc1cc(C)cc(-c2cc3ccccc3[cH-]2)c1.[Cl-].[Cl-].[Hf+4].c1cc[cH-]c1. The third kappa shape index (κ3) is 9.51. The molecule has 0 spiro atoms. The van der Waals surface area contributed by atoms with Gasteiger partial charge in [-0.3, -0.25) is 0 Å². The van der Waals surface area contributed by atoms with E-state index in [1.165, 1.54) is 33.0 Å². The molecule has 4 aromatic carbocycles. The molecule has 0 N–H and O–H groups in total. The minimum atomic E-state index is 0. The molecule has 145 valence electrons. The van der Waals surface area contributed by atoms with E-state index in [-0.39, 0.29) is 50.7 Å². The molecule has 1 radical (unpaired) electrons. The van der Waals surface area contributed by atoms with Gasteiger partial charge in [0.05, 0.1) is 0 Å². The molecule has 0 atom stereocenters. The molecular formula is C24H27Cl2HfSi. The van der Waals surface area contributed by atoms with Crippen molar-refractivity contribution in [2.24, 2.45) is 0 Å². The van der Waals surface area contributed by atoms with E-state index in [1.807, 2.05) is 30.3 Å². The summed E-state index contributed by atoms with van der Waals surface area (Å²) in [4.78, 5) is 0. The summed E-state index contributed by atoms with van der Waals surface area (Å²) < 4.78 is 0. The topological polar surface area (TPSA) is 0 Å². The smallest absolute Gasteiger partial charge is 1.00 e. The minimum Gasteiger partial charge on any atom is -1.00 e. The van der Waals surface area contributed by atoms with Crippen LogP contribution in [0.2, 0.25) is 13.1 Å². The maximum absolute atomic E-state index is 2.27. The maximum Gasteiger partial charge on any atom is 4.00 e. The van der Waals surface area contributed by atoms with Gasteiger partial charge in [0, 0.05) is 9.52 Å². The van der Waals surface area contributed by atoms with Gasteiger partial charge in [0.1, 0.15) is 0 Å². The van der Waals surface area contributed by atoms with Crippen LogP contribution in [0.4, 0.5) is 0 Å². The molecule has 0 aliphatic rings. The Hall–Kier alpha value is -0.933. The van der Waals surface area contributed by atoms with Crippen LogP contribution in [0.15, 0.2) is 84.9 Å². The molecule has 28 heavy (non-hydrogen) atoms. The number of rotatable bonds is 1. The van der Waals surface area contributed by atoms with Gasteiger partial charge in [-0.1, -0.05) is 66.2 Å². The van der Waals surface area contributed by atoms with Gasteiger partial charge in [0.25, 0.3) is 0 Å². The summed E-state index contributed by atoms with van der Waals surface area (Å²) in [6.45, 7) is 8.72. The van der Waals surface area contributed by atoms with Gasteiger partial charge < -0.3 is 24.8 Å². The van der Waals surface area contributed by atoms with E-state index >= 15 is 0 Å². The van der Waals surface area contributed by atoms with Gasteiger partial charge in [0.2, 0.25) is 0 Å². The van der Waals surface area contributed by atoms with Crippen molar-refractivity contribution in [3.8, 4) is 11.1 Å². The number of fused-ring (bicyclic) bond motifs is 1. The molecule has 4 rings (SSSR count). The zero-order chi connectivity index (χ0) is 18.1. The van der Waals surface area contributed by atoms with Crippen molar-refractivity contribution in [2.75, 3.05) is 0 Å². The minimum absolute atomic E-state index is 0. The standard InChI is InChI=1S/C17H15.C5H5.C2H7Si.2ClH.Hf/c1-12-7-13(2)9-16(8-12)17-10-14-5-3-4-6-15(14)11-17;1-2-4-5-3-1;1-3-2;;;/h3-11H,1-2H3;1-5H;3H,1-2H3;2*1H;/q2*-1;;;;+4/p-2. The Bertz CT molecular complexity index is 812. The predicted octanol–water partition coefficient (Wildman–Crippen LogP) is 0.773. The monoisotopic (exact) mass is 593 g/mol. The molecule has 0 aliphatic heterocycles. The van der Waals surface area contributed by atoms with Crippen LogP contribution in [0.1, 0.15) is 11.1 Å². The molecule has 0 heterocycles. The van der Waals surface area contributed by atoms with Crippen LogP contribution in [0.25, 0.3) is 21.9 Å². The van der Waals surface area contributed by atoms with Crippen molar-refractivity contribution in [3.05, 3.63) is 96.1 Å². The van der Waals surface area contributed by atoms with Crippen molar-refractivity contribution < 1.29 is 50.7 Å². The van der Waals surface area contributed by atoms with E-state index in [2.05, 4.69) is 81.5 Å². The largest absolute Gasteiger partial charge is 4.00 e. The van der Waals surface area contributed by atoms with E-state index in [9.17, 15) is 0 Å². The summed E-state index contributed by atoms with van der Waals surface area (Å²) in [5.41, 5.74) is 5.28. The van der Waals surface area contributed by atoms with E-state index in [0.717, 1.165) is 9.52 Å². The van der Waals surface area contributed by atoms with Gasteiger partial charge >= 0.3 is 25.8 Å². The maximum atomic E-state index is 2.27. The molecule has 0 aliphatic carbocycles. The average molecular weight is 593 g/mol. The second-order valence-corrected chi connectivity index (χ2v) is 7.44. The molecule has 0 unspecified atom stereocenters. The summed E-state index contributed by atoms with van der Waals surface area (Å²) in [7, 11) is 0.750. The first-order chi connectivity index (χ1) is 12.1. The average Bonchev–Trinajstić information content (AvgIpc) is 3.27. The Balaban J connectivity index is 0. The van der Waals surface area contributed by atoms with Crippen molar-refractivity contribution in [3.63, 3.8) is 0 Å². The summed E-state index contributed by atoms with van der Waals surface area (Å²) in [6, 6.07) is 29.8. The number of benzene rings is 2. The first-order valence-electron chi connectivity index (χ1n) is 8.79. The number of hydrogen-bond acceptors (Lipinski definition) is 0. The number of halogens is 2. The van der Waals surface area contributed by atoms with Crippen LogP contribution in [0.5, 0.6) is 0 Å². The second kappa shape index (κ2) is 15.9. The Morgan fingerprint density at radius 2 is 1.29 bits per heavy atom. The van der Waals surface area contributed by atoms with E-state index in [1.54, 1.807) is 0 Å². The molecule has 0 saturated carbocycles. The summed E-state index contributed by atoms with van der Waals surface area (Å²) in [5, 5.41) is 2.64. The Morgan fingerprint density at radius 3 is 1.75 bits per heavy atom. The molecule has 4 aromatic rings. The molecule has 0 amide bonds. The van der Waals surface area contributed by atoms with Gasteiger partial charge in [-0.15, -0.1) is 34.5 Å². The first-order valence-corrected chi connectivity index (χ1v) is 11.1. The van der Waals surface area contributed by atoms with Crippen molar-refractivity contribution in [1.82, 2.24) is 0 Å². The van der Waals surface area contributed by atoms with Gasteiger partial charge in [-0.25, -0.2) is 12.1 Å². The van der Waals surface area contributed by atoms with E-state index in [0.29, 0.717) is 0 Å². The molecule has 0 bridgehead atoms. The van der Waals surface area contributed by atoms with Gasteiger partial charge in [0.15, 0.2) is 0 Å². The molecule has 0 aromatic heterocycles. The van der Waals surface area contributed by atoms with Crippen molar-refractivity contribution in [2.45, 2.75) is 26.9 Å². The Morgan fingerprint density at radius 1 is 0.750 bits per heavy atom.